The van der Waals surface area contributed by atoms with E-state index >= 15 is 0 Å². The van der Waals surface area contributed by atoms with Crippen LogP contribution in [0.2, 0.25) is 0 Å². The molecule has 1 N–H and O–H groups in total. The Balaban J connectivity index is 1.64. The summed E-state index contributed by atoms with van der Waals surface area (Å²) >= 11 is 0. The Morgan fingerprint density at radius 2 is 2.15 bits per heavy atom. The molecule has 136 valence electrons. The fraction of sp³-hybridized carbons (Fsp3) is 0.333. The van der Waals surface area contributed by atoms with Gasteiger partial charge in [-0.1, -0.05) is 11.2 Å². The zero-order valence-electron chi connectivity index (χ0n) is 14.7. The molecule has 0 saturated carbocycles. The van der Waals surface area contributed by atoms with Crippen molar-refractivity contribution >= 4 is 29.2 Å². The lowest BCUT2D eigenvalue weighted by Crippen LogP contribution is -2.35. The second kappa shape index (κ2) is 7.38. The van der Waals surface area contributed by atoms with Crippen LogP contribution in [0.1, 0.15) is 29.0 Å². The van der Waals surface area contributed by atoms with E-state index in [1.807, 2.05) is 0 Å². The largest absolute Gasteiger partial charge is 0.360 e. The van der Waals surface area contributed by atoms with Gasteiger partial charge in [0.2, 0.25) is 11.8 Å². The van der Waals surface area contributed by atoms with Crippen LogP contribution in [-0.4, -0.2) is 47.9 Å². The quantitative estimate of drug-likeness (QED) is 0.882. The van der Waals surface area contributed by atoms with Crippen LogP contribution in [0.4, 0.5) is 11.5 Å². The van der Waals surface area contributed by atoms with E-state index in [1.165, 1.54) is 4.90 Å². The maximum absolute atomic E-state index is 12.6. The van der Waals surface area contributed by atoms with Crippen LogP contribution in [0.3, 0.4) is 0 Å². The number of hydrogen-bond donors (Lipinski definition) is 1. The maximum atomic E-state index is 12.6. The number of aryl methyl sites for hydroxylation is 1. The molecule has 0 spiro atoms. The van der Waals surface area contributed by atoms with Crippen molar-refractivity contribution in [2.75, 3.05) is 30.4 Å². The Morgan fingerprint density at radius 3 is 2.81 bits per heavy atom. The van der Waals surface area contributed by atoms with Gasteiger partial charge in [0, 0.05) is 37.3 Å². The van der Waals surface area contributed by atoms with E-state index in [0.717, 1.165) is 6.42 Å². The molecule has 8 heteroatoms. The lowest BCUT2D eigenvalue weighted by molar-refractivity contribution is -0.117. The number of amides is 3. The van der Waals surface area contributed by atoms with E-state index in [9.17, 15) is 14.4 Å². The SMILES string of the molecule is Cc1cc(NC(=O)CN(C)C(=O)c2cccc(N3CCCC3=O)c2)no1. The molecule has 1 aliphatic heterocycles. The first-order valence-electron chi connectivity index (χ1n) is 8.33. The molecule has 1 aromatic heterocycles. The molecular formula is C18H20N4O4. The molecule has 0 unspecified atom stereocenters. The van der Waals surface area contributed by atoms with Gasteiger partial charge >= 0.3 is 0 Å². The zero-order valence-corrected chi connectivity index (χ0v) is 14.7. The third-order valence-corrected chi connectivity index (χ3v) is 4.10. The molecule has 1 saturated heterocycles. The number of aromatic nitrogens is 1. The normalized spacial score (nSPS) is 13.8. The summed E-state index contributed by atoms with van der Waals surface area (Å²) in [5, 5.41) is 6.25. The van der Waals surface area contributed by atoms with Crippen molar-refractivity contribution in [1.29, 1.82) is 0 Å². The average Bonchev–Trinajstić information content (AvgIpc) is 3.22. The Bertz CT molecular complexity index is 845. The lowest BCUT2D eigenvalue weighted by atomic mass is 10.1. The minimum absolute atomic E-state index is 0.0604. The van der Waals surface area contributed by atoms with Crippen molar-refractivity contribution in [2.24, 2.45) is 0 Å². The van der Waals surface area contributed by atoms with Gasteiger partial charge in [0.1, 0.15) is 5.76 Å². The summed E-state index contributed by atoms with van der Waals surface area (Å²) in [5.41, 5.74) is 1.13. The van der Waals surface area contributed by atoms with E-state index in [1.54, 1.807) is 49.2 Å². The minimum atomic E-state index is -0.375. The Hall–Kier alpha value is -3.16. The van der Waals surface area contributed by atoms with Crippen molar-refractivity contribution in [3.05, 3.63) is 41.7 Å². The Labute approximate surface area is 150 Å². The number of likely N-dealkylation sites (N-methyl/N-ethyl adjacent to an activating group) is 1. The molecular weight excluding hydrogens is 336 g/mol. The monoisotopic (exact) mass is 356 g/mol. The molecule has 0 bridgehead atoms. The molecule has 1 aliphatic rings. The summed E-state index contributed by atoms with van der Waals surface area (Å²) in [4.78, 5) is 39.5. The highest BCUT2D eigenvalue weighted by Gasteiger charge is 2.23. The first-order valence-corrected chi connectivity index (χ1v) is 8.33. The van der Waals surface area contributed by atoms with Gasteiger partial charge in [-0.2, -0.15) is 0 Å². The second-order valence-corrected chi connectivity index (χ2v) is 6.23. The fourth-order valence-electron chi connectivity index (χ4n) is 2.84. The van der Waals surface area contributed by atoms with Gasteiger partial charge < -0.3 is 19.6 Å². The van der Waals surface area contributed by atoms with Gasteiger partial charge in [-0.25, -0.2) is 0 Å². The average molecular weight is 356 g/mol. The van der Waals surface area contributed by atoms with Gasteiger partial charge in [0.05, 0.1) is 6.54 Å². The van der Waals surface area contributed by atoms with E-state index in [2.05, 4.69) is 10.5 Å². The summed E-state index contributed by atoms with van der Waals surface area (Å²) in [6, 6.07) is 8.48. The highest BCUT2D eigenvalue weighted by atomic mass is 16.5. The molecule has 0 atom stereocenters. The van der Waals surface area contributed by atoms with Crippen molar-refractivity contribution < 1.29 is 18.9 Å². The maximum Gasteiger partial charge on any atom is 0.254 e. The van der Waals surface area contributed by atoms with E-state index < -0.39 is 0 Å². The van der Waals surface area contributed by atoms with Crippen LogP contribution in [0.25, 0.3) is 0 Å². The standard InChI is InChI=1S/C18H20N4O4/c1-12-9-15(20-26-12)19-16(23)11-21(2)18(25)13-5-3-6-14(10-13)22-8-4-7-17(22)24/h3,5-6,9-10H,4,7-8,11H2,1-2H3,(H,19,20,23). The van der Waals surface area contributed by atoms with Crippen LogP contribution in [0.15, 0.2) is 34.9 Å². The summed E-state index contributed by atoms with van der Waals surface area (Å²) in [6.07, 6.45) is 1.35. The summed E-state index contributed by atoms with van der Waals surface area (Å²) in [7, 11) is 1.55. The van der Waals surface area contributed by atoms with Crippen LogP contribution in [0, 0.1) is 6.92 Å². The summed E-state index contributed by atoms with van der Waals surface area (Å²) < 4.78 is 4.88. The van der Waals surface area contributed by atoms with Gasteiger partial charge in [-0.15, -0.1) is 0 Å². The highest BCUT2D eigenvalue weighted by Crippen LogP contribution is 2.22. The topological polar surface area (TPSA) is 95.8 Å². The third-order valence-electron chi connectivity index (χ3n) is 4.10. The van der Waals surface area contributed by atoms with E-state index in [0.29, 0.717) is 35.8 Å². The highest BCUT2D eigenvalue weighted by molar-refractivity contribution is 6.01. The van der Waals surface area contributed by atoms with Gasteiger partial charge in [0.15, 0.2) is 5.82 Å². The van der Waals surface area contributed by atoms with E-state index in [-0.39, 0.29) is 24.3 Å². The molecule has 26 heavy (non-hydrogen) atoms. The Kier molecular flexibility index (Phi) is 5.01. The smallest absolute Gasteiger partial charge is 0.254 e. The molecule has 2 heterocycles. The Morgan fingerprint density at radius 1 is 1.35 bits per heavy atom. The van der Waals surface area contributed by atoms with Crippen molar-refractivity contribution in [3.63, 3.8) is 0 Å². The number of hydrogen-bond acceptors (Lipinski definition) is 5. The molecule has 8 nitrogen and oxygen atoms in total. The predicted octanol–water partition coefficient (Wildman–Crippen LogP) is 1.82. The van der Waals surface area contributed by atoms with Gasteiger partial charge in [-0.05, 0) is 31.5 Å². The molecule has 0 radical (unpaired) electrons. The van der Waals surface area contributed by atoms with Crippen LogP contribution in [-0.2, 0) is 9.59 Å². The molecule has 3 rings (SSSR count). The van der Waals surface area contributed by atoms with Crippen LogP contribution >= 0.6 is 0 Å². The number of anilines is 2. The number of nitrogens with zero attached hydrogens (tertiary/aromatic N) is 3. The lowest BCUT2D eigenvalue weighted by Gasteiger charge is -2.19. The second-order valence-electron chi connectivity index (χ2n) is 6.23. The first kappa shape index (κ1) is 17.7. The van der Waals surface area contributed by atoms with Gasteiger partial charge in [0.25, 0.3) is 5.91 Å². The van der Waals surface area contributed by atoms with Crippen LogP contribution in [0.5, 0.6) is 0 Å². The zero-order chi connectivity index (χ0) is 18.7. The molecule has 3 amide bonds. The minimum Gasteiger partial charge on any atom is -0.360 e. The molecule has 2 aromatic rings. The predicted molar refractivity (Wildman–Crippen MR) is 94.9 cm³/mol. The van der Waals surface area contributed by atoms with Crippen LogP contribution < -0.4 is 10.2 Å². The first-order chi connectivity index (χ1) is 12.4. The van der Waals surface area contributed by atoms with Crippen molar-refractivity contribution in [2.45, 2.75) is 19.8 Å². The fourth-order valence-corrected chi connectivity index (χ4v) is 2.84. The molecule has 1 aromatic carbocycles. The van der Waals surface area contributed by atoms with Gasteiger partial charge in [-0.3, -0.25) is 14.4 Å². The molecule has 0 aliphatic carbocycles. The van der Waals surface area contributed by atoms with Crippen molar-refractivity contribution in [3.8, 4) is 0 Å². The number of carbonyl (C=O) groups is 3. The number of rotatable bonds is 5. The number of benzene rings is 1. The summed E-state index contributed by atoms with van der Waals surface area (Å²) in [5.74, 6) is 0.274. The number of nitrogens with one attached hydrogen (secondary N) is 1. The van der Waals surface area contributed by atoms with E-state index in [4.69, 9.17) is 4.52 Å². The van der Waals surface area contributed by atoms with Crippen molar-refractivity contribution in [1.82, 2.24) is 10.1 Å². The summed E-state index contributed by atoms with van der Waals surface area (Å²) in [6.45, 7) is 2.25. The number of carbonyl (C=O) groups excluding carboxylic acids is 3. The third kappa shape index (κ3) is 3.90. The molecule has 1 fully saturated rings.